The molecule has 0 unspecified atom stereocenters. The molecule has 270 valence electrons. The number of hydrogen-bond acceptors (Lipinski definition) is 7. The number of para-hydroxylation sites is 1. The summed E-state index contributed by atoms with van der Waals surface area (Å²) >= 11 is 1.72. The summed E-state index contributed by atoms with van der Waals surface area (Å²) in [7, 11) is 0. The van der Waals surface area contributed by atoms with Crippen LogP contribution in [0.1, 0.15) is 0 Å². The van der Waals surface area contributed by atoms with E-state index in [2.05, 4.69) is 53.4 Å². The maximum atomic E-state index is 7.64. The minimum absolute atomic E-state index is 0.536. The van der Waals surface area contributed by atoms with Crippen molar-refractivity contribution in [2.75, 3.05) is 0 Å². The Morgan fingerprint density at radius 2 is 1.07 bits per heavy atom. The van der Waals surface area contributed by atoms with Crippen molar-refractivity contribution in [2.24, 2.45) is 0 Å². The number of nitrogens with zero attached hydrogens (tertiary/aromatic N) is 6. The van der Waals surface area contributed by atoms with E-state index < -0.39 is 0 Å². The van der Waals surface area contributed by atoms with Crippen molar-refractivity contribution in [1.29, 1.82) is 0 Å². The van der Waals surface area contributed by atoms with Gasteiger partial charge in [-0.25, -0.2) is 29.8 Å². The summed E-state index contributed by atoms with van der Waals surface area (Å²) in [5.74, 6) is 2.28. The van der Waals surface area contributed by atoms with Gasteiger partial charge in [0.05, 0.1) is 22.5 Å². The quantitative estimate of drug-likeness (QED) is 0.157. The van der Waals surface area contributed by atoms with Gasteiger partial charge in [-0.1, -0.05) is 146 Å². The number of hydrogen-bond donors (Lipinski definition) is 0. The molecule has 0 amide bonds. The highest BCUT2D eigenvalue weighted by atomic mass is 32.1. The van der Waals surface area contributed by atoms with Crippen molar-refractivity contribution in [3.8, 4) is 67.9 Å². The van der Waals surface area contributed by atoms with E-state index in [1.54, 1.807) is 11.3 Å². The molecule has 0 saturated carbocycles. The van der Waals surface area contributed by atoms with Crippen molar-refractivity contribution in [1.82, 2.24) is 24.9 Å². The zero-order valence-corrected chi connectivity index (χ0v) is 31.5. The van der Waals surface area contributed by atoms with E-state index in [1.165, 1.54) is 4.70 Å². The Labute approximate surface area is 336 Å². The summed E-state index contributed by atoms with van der Waals surface area (Å²) in [6, 6.07) is 56.5. The van der Waals surface area contributed by atoms with Crippen molar-refractivity contribution in [3.63, 3.8) is 0 Å². The number of furan rings is 1. The zero-order valence-electron chi connectivity index (χ0n) is 30.7. The van der Waals surface area contributed by atoms with Crippen LogP contribution in [0, 0.1) is 6.57 Å². The highest BCUT2D eigenvalue weighted by Crippen LogP contribution is 2.41. The fraction of sp³-hybridized carbons (Fsp3) is 0. The lowest BCUT2D eigenvalue weighted by Crippen LogP contribution is -2.00. The van der Waals surface area contributed by atoms with Crippen LogP contribution < -0.4 is 0 Å². The molecular formula is C50H28N6OS. The van der Waals surface area contributed by atoms with E-state index in [4.69, 9.17) is 35.9 Å². The maximum Gasteiger partial charge on any atom is 0.194 e. The number of benzene rings is 7. The lowest BCUT2D eigenvalue weighted by Gasteiger charge is -2.10. The normalized spacial score (nSPS) is 11.4. The predicted octanol–water partition coefficient (Wildman–Crippen LogP) is 13.5. The molecule has 0 fully saturated rings. The van der Waals surface area contributed by atoms with Crippen LogP contribution in [-0.2, 0) is 0 Å². The molecule has 11 rings (SSSR count). The van der Waals surface area contributed by atoms with Crippen LogP contribution in [0.15, 0.2) is 174 Å². The van der Waals surface area contributed by atoms with Crippen LogP contribution in [0.4, 0.5) is 5.69 Å². The van der Waals surface area contributed by atoms with Crippen LogP contribution in [0.2, 0.25) is 0 Å². The van der Waals surface area contributed by atoms with Crippen molar-refractivity contribution >= 4 is 59.3 Å². The second-order valence-electron chi connectivity index (χ2n) is 13.9. The van der Waals surface area contributed by atoms with E-state index in [1.807, 2.05) is 121 Å². The zero-order chi connectivity index (χ0) is 38.6. The summed E-state index contributed by atoms with van der Waals surface area (Å²) in [5, 5.41) is 2.97. The topological polar surface area (TPSA) is 82.0 Å². The van der Waals surface area contributed by atoms with Gasteiger partial charge in [-0.2, -0.15) is 0 Å². The SMILES string of the molecule is [C-]#[N+]c1ccccc1-c1ccc(-c2nc(-c3ccccc3)nc(-c3cccc4oc5cc(-c6nc(-c7ccccc7)c7sc8ccccc8c7n6)ccc5c34)n2)cc1. The lowest BCUT2D eigenvalue weighted by atomic mass is 10.0. The fourth-order valence-electron chi connectivity index (χ4n) is 7.62. The molecule has 0 atom stereocenters. The molecule has 4 heterocycles. The number of rotatable bonds is 6. The molecule has 0 aliphatic carbocycles. The number of fused-ring (bicyclic) bond motifs is 6. The maximum absolute atomic E-state index is 7.64. The smallest absolute Gasteiger partial charge is 0.194 e. The molecule has 7 nitrogen and oxygen atoms in total. The molecule has 0 aliphatic heterocycles. The molecule has 0 saturated heterocycles. The molecule has 0 spiro atoms. The third-order valence-corrected chi connectivity index (χ3v) is 11.6. The second-order valence-corrected chi connectivity index (χ2v) is 15.0. The Kier molecular flexibility index (Phi) is 7.91. The van der Waals surface area contributed by atoms with E-state index in [-0.39, 0.29) is 0 Å². The molecule has 0 radical (unpaired) electrons. The Balaban J connectivity index is 1.05. The summed E-state index contributed by atoms with van der Waals surface area (Å²) in [4.78, 5) is 29.2. The molecule has 11 aromatic rings. The van der Waals surface area contributed by atoms with Crippen LogP contribution in [-0.4, -0.2) is 24.9 Å². The van der Waals surface area contributed by atoms with E-state index in [0.717, 1.165) is 76.6 Å². The van der Waals surface area contributed by atoms with Gasteiger partial charge in [-0.05, 0) is 35.4 Å². The van der Waals surface area contributed by atoms with Gasteiger partial charge >= 0.3 is 0 Å². The van der Waals surface area contributed by atoms with Gasteiger partial charge in [0.25, 0.3) is 0 Å². The van der Waals surface area contributed by atoms with Crippen LogP contribution in [0.3, 0.4) is 0 Å². The molecule has 0 N–H and O–H groups in total. The monoisotopic (exact) mass is 760 g/mol. The Morgan fingerprint density at radius 3 is 1.86 bits per heavy atom. The van der Waals surface area contributed by atoms with Gasteiger partial charge < -0.3 is 4.42 Å². The van der Waals surface area contributed by atoms with E-state index in [0.29, 0.717) is 34.6 Å². The molecule has 58 heavy (non-hydrogen) atoms. The second kappa shape index (κ2) is 13.7. The highest BCUT2D eigenvalue weighted by molar-refractivity contribution is 7.26. The van der Waals surface area contributed by atoms with E-state index in [9.17, 15) is 0 Å². The third-order valence-electron chi connectivity index (χ3n) is 10.4. The van der Waals surface area contributed by atoms with E-state index >= 15 is 0 Å². The van der Waals surface area contributed by atoms with Crippen LogP contribution in [0.5, 0.6) is 0 Å². The van der Waals surface area contributed by atoms with Crippen molar-refractivity contribution in [2.45, 2.75) is 0 Å². The first-order valence-electron chi connectivity index (χ1n) is 18.8. The lowest BCUT2D eigenvalue weighted by molar-refractivity contribution is 0.669. The first kappa shape index (κ1) is 33.5. The fourth-order valence-corrected chi connectivity index (χ4v) is 8.77. The predicted molar refractivity (Wildman–Crippen MR) is 234 cm³/mol. The Hall–Kier alpha value is -7.86. The number of aromatic nitrogens is 5. The summed E-state index contributed by atoms with van der Waals surface area (Å²) in [5.41, 5.74) is 10.2. The molecule has 0 bridgehead atoms. The number of thiophene rings is 1. The minimum atomic E-state index is 0.536. The van der Waals surface area contributed by atoms with Gasteiger partial charge in [0, 0.05) is 48.7 Å². The van der Waals surface area contributed by atoms with Gasteiger partial charge in [-0.15, -0.1) is 11.3 Å². The Morgan fingerprint density at radius 1 is 0.448 bits per heavy atom. The molecular weight excluding hydrogens is 733 g/mol. The third kappa shape index (κ3) is 5.69. The largest absolute Gasteiger partial charge is 0.456 e. The highest BCUT2D eigenvalue weighted by Gasteiger charge is 2.21. The van der Waals surface area contributed by atoms with Crippen molar-refractivity contribution in [3.05, 3.63) is 181 Å². The molecule has 8 heteroatoms. The van der Waals surface area contributed by atoms with Gasteiger partial charge in [0.2, 0.25) is 0 Å². The molecule has 0 aliphatic rings. The van der Waals surface area contributed by atoms with Gasteiger partial charge in [-0.3, -0.25) is 0 Å². The minimum Gasteiger partial charge on any atom is -0.456 e. The van der Waals surface area contributed by atoms with Crippen LogP contribution in [0.25, 0.3) is 115 Å². The Bertz CT molecular complexity index is 3410. The average molecular weight is 761 g/mol. The summed E-state index contributed by atoms with van der Waals surface area (Å²) in [6.45, 7) is 7.64. The first-order valence-corrected chi connectivity index (χ1v) is 19.6. The molecule has 4 aromatic heterocycles. The van der Waals surface area contributed by atoms with Crippen molar-refractivity contribution < 1.29 is 4.42 Å². The van der Waals surface area contributed by atoms with Gasteiger partial charge in [0.15, 0.2) is 29.0 Å². The first-order chi connectivity index (χ1) is 28.7. The molecule has 7 aromatic carbocycles. The average Bonchev–Trinajstić information content (AvgIpc) is 3.87. The summed E-state index contributed by atoms with van der Waals surface area (Å²) < 4.78 is 8.84. The van der Waals surface area contributed by atoms with Gasteiger partial charge in [0.1, 0.15) is 11.2 Å². The van der Waals surface area contributed by atoms with Crippen LogP contribution >= 0.6 is 11.3 Å². The standard InChI is InChI=1S/C50H28N6OS/c1-51-39-20-10-8-17-35(39)30-23-25-33(26-24-30)48-54-47(32-15-6-3-7-16-32)55-50(56-48)38-19-12-21-40-43(38)36-28-27-34(29-41(36)57-40)49-52-44(31-13-4-2-5-14-31)46-45(53-49)37-18-9-11-22-42(37)58-46/h2-29H. The summed E-state index contributed by atoms with van der Waals surface area (Å²) in [6.07, 6.45) is 0.